The molecule has 84 valence electrons. The van der Waals surface area contributed by atoms with Gasteiger partial charge >= 0.3 is 0 Å². The van der Waals surface area contributed by atoms with E-state index in [1.807, 2.05) is 6.92 Å². The Morgan fingerprint density at radius 2 is 2.12 bits per heavy atom. The maximum Gasteiger partial charge on any atom is 0.174 e. The highest BCUT2D eigenvalue weighted by Gasteiger charge is 2.13. The van der Waals surface area contributed by atoms with Gasteiger partial charge in [0.15, 0.2) is 11.6 Å². The zero-order chi connectivity index (χ0) is 11.7. The van der Waals surface area contributed by atoms with E-state index in [1.54, 1.807) is 18.2 Å². The van der Waals surface area contributed by atoms with E-state index in [-0.39, 0.29) is 5.75 Å². The number of hydrogen-bond donors (Lipinski definition) is 2. The molecule has 0 spiro atoms. The van der Waals surface area contributed by atoms with Crippen LogP contribution >= 0.6 is 0 Å². The second kappa shape index (κ2) is 3.84. The molecule has 0 atom stereocenters. The van der Waals surface area contributed by atoms with Crippen molar-refractivity contribution < 1.29 is 9.13 Å². The van der Waals surface area contributed by atoms with Gasteiger partial charge in [0, 0.05) is 11.6 Å². The Labute approximate surface area is 92.2 Å². The minimum absolute atomic E-state index is 0.211. The standard InChI is InChI=1S/C11H12FN3O/c1-6-3-7(8-5-10(13)15-14-8)11(12)9(4-6)16-2/h3-5H,1-2H3,(H3,13,14,15). The number of aromatic amines is 1. The topological polar surface area (TPSA) is 63.9 Å². The van der Waals surface area contributed by atoms with E-state index in [0.29, 0.717) is 17.1 Å². The van der Waals surface area contributed by atoms with Crippen LogP contribution in [0.4, 0.5) is 10.2 Å². The summed E-state index contributed by atoms with van der Waals surface area (Å²) in [5.74, 6) is 0.120. The van der Waals surface area contributed by atoms with Crippen LogP contribution in [0.15, 0.2) is 18.2 Å². The number of nitrogen functional groups attached to an aromatic ring is 1. The molecule has 0 radical (unpaired) electrons. The molecule has 3 N–H and O–H groups in total. The first-order valence-corrected chi connectivity index (χ1v) is 4.77. The van der Waals surface area contributed by atoms with E-state index in [2.05, 4.69) is 10.2 Å². The van der Waals surface area contributed by atoms with Crippen LogP contribution in [0.3, 0.4) is 0 Å². The molecule has 16 heavy (non-hydrogen) atoms. The first-order valence-electron chi connectivity index (χ1n) is 4.77. The molecule has 1 heterocycles. The van der Waals surface area contributed by atoms with Crippen LogP contribution in [0.1, 0.15) is 5.56 Å². The molecule has 0 fully saturated rings. The smallest absolute Gasteiger partial charge is 0.174 e. The minimum atomic E-state index is -0.420. The summed E-state index contributed by atoms with van der Waals surface area (Å²) in [7, 11) is 1.43. The van der Waals surface area contributed by atoms with Gasteiger partial charge in [0.2, 0.25) is 0 Å². The van der Waals surface area contributed by atoms with Crippen LogP contribution < -0.4 is 10.5 Å². The molecule has 0 bridgehead atoms. The first kappa shape index (κ1) is 10.5. The number of H-pyrrole nitrogens is 1. The number of methoxy groups -OCH3 is 1. The highest BCUT2D eigenvalue weighted by atomic mass is 19.1. The number of nitrogens with one attached hydrogen (secondary N) is 1. The third-order valence-corrected chi connectivity index (χ3v) is 2.29. The summed E-state index contributed by atoms with van der Waals surface area (Å²) in [6, 6.07) is 4.93. The molecular formula is C11H12FN3O. The number of hydrogen-bond acceptors (Lipinski definition) is 3. The molecule has 0 aliphatic heterocycles. The average molecular weight is 221 g/mol. The summed E-state index contributed by atoms with van der Waals surface area (Å²) >= 11 is 0. The van der Waals surface area contributed by atoms with Crippen LogP contribution in [-0.2, 0) is 0 Å². The summed E-state index contributed by atoms with van der Waals surface area (Å²) in [6.45, 7) is 1.87. The number of anilines is 1. The molecule has 0 saturated carbocycles. The zero-order valence-corrected chi connectivity index (χ0v) is 9.04. The molecular weight excluding hydrogens is 209 g/mol. The van der Waals surface area contributed by atoms with Crippen LogP contribution in [0, 0.1) is 12.7 Å². The molecule has 0 aliphatic rings. The van der Waals surface area contributed by atoms with Gasteiger partial charge in [-0.1, -0.05) is 0 Å². The third-order valence-electron chi connectivity index (χ3n) is 2.29. The fraction of sp³-hybridized carbons (Fsp3) is 0.182. The van der Waals surface area contributed by atoms with E-state index < -0.39 is 5.82 Å². The van der Waals surface area contributed by atoms with Gasteiger partial charge in [0.25, 0.3) is 0 Å². The number of nitrogens with two attached hydrogens (primary N) is 1. The van der Waals surface area contributed by atoms with E-state index >= 15 is 0 Å². The highest BCUT2D eigenvalue weighted by Crippen LogP contribution is 2.30. The summed E-state index contributed by atoms with van der Waals surface area (Å²) in [5.41, 5.74) is 7.33. The lowest BCUT2D eigenvalue weighted by Gasteiger charge is -2.07. The van der Waals surface area contributed by atoms with E-state index in [1.165, 1.54) is 7.11 Å². The van der Waals surface area contributed by atoms with Crippen molar-refractivity contribution in [3.05, 3.63) is 29.6 Å². The third kappa shape index (κ3) is 1.71. The molecule has 0 amide bonds. The van der Waals surface area contributed by atoms with Gasteiger partial charge in [-0.05, 0) is 24.6 Å². The predicted molar refractivity (Wildman–Crippen MR) is 59.7 cm³/mol. The maximum absolute atomic E-state index is 13.9. The number of rotatable bonds is 2. The second-order valence-corrected chi connectivity index (χ2v) is 3.54. The van der Waals surface area contributed by atoms with Crippen molar-refractivity contribution >= 4 is 5.82 Å². The molecule has 4 nitrogen and oxygen atoms in total. The molecule has 1 aromatic heterocycles. The number of ether oxygens (including phenoxy) is 1. The summed E-state index contributed by atoms with van der Waals surface area (Å²) in [5, 5.41) is 6.44. The summed E-state index contributed by atoms with van der Waals surface area (Å²) in [6.07, 6.45) is 0. The number of nitrogens with zero attached hydrogens (tertiary/aromatic N) is 1. The normalized spacial score (nSPS) is 10.4. The Morgan fingerprint density at radius 1 is 1.38 bits per heavy atom. The van der Waals surface area contributed by atoms with E-state index in [9.17, 15) is 4.39 Å². The quantitative estimate of drug-likeness (QED) is 0.816. The molecule has 5 heteroatoms. The fourth-order valence-electron chi connectivity index (χ4n) is 1.56. The highest BCUT2D eigenvalue weighted by molar-refractivity contribution is 5.65. The zero-order valence-electron chi connectivity index (χ0n) is 9.04. The number of aromatic nitrogens is 2. The minimum Gasteiger partial charge on any atom is -0.494 e. The van der Waals surface area contributed by atoms with Gasteiger partial charge < -0.3 is 10.5 Å². The lowest BCUT2D eigenvalue weighted by Crippen LogP contribution is -1.93. The van der Waals surface area contributed by atoms with Crippen molar-refractivity contribution in [2.24, 2.45) is 0 Å². The predicted octanol–water partition coefficient (Wildman–Crippen LogP) is 2.12. The fourth-order valence-corrected chi connectivity index (χ4v) is 1.56. The summed E-state index contributed by atoms with van der Waals surface area (Å²) < 4.78 is 18.9. The molecule has 0 unspecified atom stereocenters. The van der Waals surface area contributed by atoms with Crippen molar-refractivity contribution in [2.75, 3.05) is 12.8 Å². The number of benzene rings is 1. The Kier molecular flexibility index (Phi) is 2.52. The molecule has 2 rings (SSSR count). The van der Waals surface area contributed by atoms with E-state index in [4.69, 9.17) is 10.5 Å². The molecule has 2 aromatic rings. The van der Waals surface area contributed by atoms with Crippen molar-refractivity contribution in [3.63, 3.8) is 0 Å². The molecule has 1 aromatic carbocycles. The van der Waals surface area contributed by atoms with Crippen molar-refractivity contribution in [1.29, 1.82) is 0 Å². The van der Waals surface area contributed by atoms with Crippen LogP contribution in [0.5, 0.6) is 5.75 Å². The van der Waals surface area contributed by atoms with Crippen LogP contribution in [0.25, 0.3) is 11.3 Å². The van der Waals surface area contributed by atoms with Crippen molar-refractivity contribution in [3.8, 4) is 17.0 Å². The van der Waals surface area contributed by atoms with Gasteiger partial charge in [-0.3, -0.25) is 5.10 Å². The van der Waals surface area contributed by atoms with Crippen molar-refractivity contribution in [2.45, 2.75) is 6.92 Å². The Bertz CT molecular complexity index is 522. The van der Waals surface area contributed by atoms with Gasteiger partial charge in [0.1, 0.15) is 5.82 Å². The second-order valence-electron chi connectivity index (χ2n) is 3.54. The Morgan fingerprint density at radius 3 is 2.69 bits per heavy atom. The molecule has 0 aliphatic carbocycles. The van der Waals surface area contributed by atoms with Crippen LogP contribution in [-0.4, -0.2) is 17.3 Å². The SMILES string of the molecule is COc1cc(C)cc(-c2cc(N)n[nH]2)c1F. The van der Waals surface area contributed by atoms with Gasteiger partial charge in [-0.15, -0.1) is 0 Å². The van der Waals surface area contributed by atoms with E-state index in [0.717, 1.165) is 5.56 Å². The Hall–Kier alpha value is -2.04. The van der Waals surface area contributed by atoms with Gasteiger partial charge in [-0.2, -0.15) is 5.10 Å². The van der Waals surface area contributed by atoms with Gasteiger partial charge in [-0.25, -0.2) is 4.39 Å². The Balaban J connectivity index is 2.60. The number of halogens is 1. The number of aryl methyl sites for hydroxylation is 1. The van der Waals surface area contributed by atoms with Crippen molar-refractivity contribution in [1.82, 2.24) is 10.2 Å². The average Bonchev–Trinajstić information content (AvgIpc) is 2.67. The van der Waals surface area contributed by atoms with Crippen LogP contribution in [0.2, 0.25) is 0 Å². The maximum atomic E-state index is 13.9. The first-order chi connectivity index (χ1) is 7.61. The largest absolute Gasteiger partial charge is 0.494 e. The van der Waals surface area contributed by atoms with Gasteiger partial charge in [0.05, 0.1) is 12.8 Å². The summed E-state index contributed by atoms with van der Waals surface area (Å²) in [4.78, 5) is 0. The molecule has 0 saturated heterocycles. The lowest BCUT2D eigenvalue weighted by molar-refractivity contribution is 0.387. The lowest BCUT2D eigenvalue weighted by atomic mass is 10.1. The monoisotopic (exact) mass is 221 g/mol.